The van der Waals surface area contributed by atoms with E-state index in [2.05, 4.69) is 10.8 Å². The molecular formula is C27H23F4N3O3. The highest BCUT2D eigenvalue weighted by Crippen LogP contribution is 2.26. The fourth-order valence-electron chi connectivity index (χ4n) is 3.76. The second-order valence-corrected chi connectivity index (χ2v) is 8.37. The number of nitrogens with one attached hydrogen (secondary N) is 2. The largest absolute Gasteiger partial charge is 0.338 e. The van der Waals surface area contributed by atoms with Gasteiger partial charge in [0.1, 0.15) is 35.8 Å². The van der Waals surface area contributed by atoms with Crippen LogP contribution < -0.4 is 10.8 Å². The second kappa shape index (κ2) is 11.7. The monoisotopic (exact) mass is 513 g/mol. The van der Waals surface area contributed by atoms with Crippen molar-refractivity contribution in [1.29, 1.82) is 0 Å². The average Bonchev–Trinajstić information content (AvgIpc) is 2.88. The van der Waals surface area contributed by atoms with E-state index in [1.54, 1.807) is 30.3 Å². The zero-order valence-electron chi connectivity index (χ0n) is 19.5. The van der Waals surface area contributed by atoms with Gasteiger partial charge in [0.25, 0.3) is 0 Å². The lowest BCUT2D eigenvalue weighted by Crippen LogP contribution is -2.38. The summed E-state index contributed by atoms with van der Waals surface area (Å²) in [5.41, 5.74) is 4.66. The number of nitrogens with zero attached hydrogens (tertiary/aromatic N) is 1. The number of amides is 2. The van der Waals surface area contributed by atoms with Gasteiger partial charge in [-0.3, -0.25) is 19.9 Å². The van der Waals surface area contributed by atoms with Gasteiger partial charge in [-0.25, -0.2) is 17.6 Å². The zero-order valence-corrected chi connectivity index (χ0v) is 19.5. The van der Waals surface area contributed by atoms with Crippen molar-refractivity contribution in [2.75, 3.05) is 18.4 Å². The maximum atomic E-state index is 13.7. The molecule has 0 saturated heterocycles. The van der Waals surface area contributed by atoms with Crippen molar-refractivity contribution in [1.82, 2.24) is 10.4 Å². The van der Waals surface area contributed by atoms with Crippen LogP contribution in [-0.2, 0) is 14.4 Å². The van der Waals surface area contributed by atoms with Crippen LogP contribution in [0.5, 0.6) is 0 Å². The quantitative estimate of drug-likeness (QED) is 0.253. The smallest absolute Gasteiger partial charge is 0.233 e. The molecule has 0 unspecified atom stereocenters. The molecule has 0 radical (unpaired) electrons. The van der Waals surface area contributed by atoms with Crippen LogP contribution in [0.3, 0.4) is 0 Å². The third-order valence-corrected chi connectivity index (χ3v) is 5.73. The highest BCUT2D eigenvalue weighted by molar-refractivity contribution is 6.03. The lowest BCUT2D eigenvalue weighted by Gasteiger charge is -2.28. The van der Waals surface area contributed by atoms with E-state index in [9.17, 15) is 27.2 Å². The SMILES string of the molecule is O=C(CC(=O)N1CC=C(NOC(c2ccc(F)cc2)c2ccc(F)cc2)CC1)Nc1ccc(F)cc1F. The lowest BCUT2D eigenvalue weighted by molar-refractivity contribution is -0.134. The van der Waals surface area contributed by atoms with Gasteiger partial charge >= 0.3 is 0 Å². The number of carbonyl (C=O) groups is 2. The number of halogens is 4. The van der Waals surface area contributed by atoms with Crippen molar-refractivity contribution in [2.24, 2.45) is 0 Å². The molecule has 0 aromatic heterocycles. The van der Waals surface area contributed by atoms with E-state index in [0.717, 1.165) is 12.1 Å². The molecule has 1 heterocycles. The molecule has 0 aliphatic carbocycles. The Hall–Kier alpha value is -4.18. The van der Waals surface area contributed by atoms with Gasteiger partial charge in [-0.15, -0.1) is 0 Å². The van der Waals surface area contributed by atoms with Crippen LogP contribution in [0.25, 0.3) is 0 Å². The molecule has 6 nitrogen and oxygen atoms in total. The Balaban J connectivity index is 1.33. The summed E-state index contributed by atoms with van der Waals surface area (Å²) >= 11 is 0. The van der Waals surface area contributed by atoms with E-state index in [0.29, 0.717) is 35.9 Å². The van der Waals surface area contributed by atoms with E-state index >= 15 is 0 Å². The predicted molar refractivity (Wildman–Crippen MR) is 128 cm³/mol. The van der Waals surface area contributed by atoms with Gasteiger partial charge in [0.15, 0.2) is 0 Å². The summed E-state index contributed by atoms with van der Waals surface area (Å²) in [6.07, 6.45) is 0.976. The molecule has 1 aliphatic rings. The number of hydroxylamine groups is 1. The van der Waals surface area contributed by atoms with Crippen LogP contribution >= 0.6 is 0 Å². The number of hydrogen-bond donors (Lipinski definition) is 2. The molecular weight excluding hydrogens is 490 g/mol. The first-order chi connectivity index (χ1) is 17.8. The average molecular weight is 513 g/mol. The number of benzene rings is 3. The van der Waals surface area contributed by atoms with E-state index in [-0.39, 0.29) is 12.2 Å². The van der Waals surface area contributed by atoms with Crippen molar-refractivity contribution < 1.29 is 32.0 Å². The van der Waals surface area contributed by atoms with Crippen molar-refractivity contribution >= 4 is 17.5 Å². The van der Waals surface area contributed by atoms with Crippen LogP contribution in [0.15, 0.2) is 78.5 Å². The molecule has 3 aromatic rings. The standard InChI is InChI=1S/C27H23F4N3O3/c28-19-5-1-17(2-6-19)27(18-3-7-20(29)8-4-18)37-33-22-11-13-34(14-12-22)26(36)16-25(35)32-24-10-9-21(30)15-23(24)31/h1-11,15,27,33H,12-14,16H2,(H,32,35). The van der Waals surface area contributed by atoms with E-state index in [4.69, 9.17) is 4.84 Å². The highest BCUT2D eigenvalue weighted by atomic mass is 19.1. The number of hydrogen-bond acceptors (Lipinski definition) is 4. The first-order valence-corrected chi connectivity index (χ1v) is 11.4. The van der Waals surface area contributed by atoms with E-state index in [1.807, 2.05) is 0 Å². The van der Waals surface area contributed by atoms with Gasteiger partial charge in [-0.1, -0.05) is 24.3 Å². The molecule has 3 aromatic carbocycles. The van der Waals surface area contributed by atoms with Gasteiger partial charge in [0, 0.05) is 31.3 Å². The first kappa shape index (κ1) is 25.9. The molecule has 0 atom stereocenters. The predicted octanol–water partition coefficient (Wildman–Crippen LogP) is 5.00. The second-order valence-electron chi connectivity index (χ2n) is 8.37. The maximum Gasteiger partial charge on any atom is 0.233 e. The normalized spacial score (nSPS) is 13.3. The summed E-state index contributed by atoms with van der Waals surface area (Å²) in [6, 6.07) is 14.2. The summed E-state index contributed by atoms with van der Waals surface area (Å²) in [7, 11) is 0. The number of anilines is 1. The van der Waals surface area contributed by atoms with Gasteiger partial charge < -0.3 is 10.2 Å². The van der Waals surface area contributed by atoms with Gasteiger partial charge in [0.05, 0.1) is 5.69 Å². The van der Waals surface area contributed by atoms with E-state index in [1.165, 1.54) is 29.2 Å². The Labute approximate surface area is 210 Å². The minimum absolute atomic E-state index is 0.209. The van der Waals surface area contributed by atoms with Crippen LogP contribution in [-0.4, -0.2) is 29.8 Å². The molecule has 4 rings (SSSR count). The summed E-state index contributed by atoms with van der Waals surface area (Å²) < 4.78 is 53.5. The summed E-state index contributed by atoms with van der Waals surface area (Å²) in [5.74, 6) is -3.67. The fraction of sp³-hybridized carbons (Fsp3) is 0.185. The Kier molecular flexibility index (Phi) is 8.19. The lowest BCUT2D eigenvalue weighted by atomic mass is 10.0. The minimum Gasteiger partial charge on any atom is -0.338 e. The van der Waals surface area contributed by atoms with Crippen LogP contribution in [0.2, 0.25) is 0 Å². The summed E-state index contributed by atoms with van der Waals surface area (Å²) in [4.78, 5) is 32.0. The Morgan fingerprint density at radius 2 is 1.46 bits per heavy atom. The Bertz CT molecular complexity index is 1250. The topological polar surface area (TPSA) is 70.7 Å². The van der Waals surface area contributed by atoms with Gasteiger partial charge in [-0.05, 0) is 53.6 Å². The highest BCUT2D eigenvalue weighted by Gasteiger charge is 2.22. The maximum absolute atomic E-state index is 13.7. The first-order valence-electron chi connectivity index (χ1n) is 11.4. The third kappa shape index (κ3) is 6.95. The third-order valence-electron chi connectivity index (χ3n) is 5.73. The van der Waals surface area contributed by atoms with Crippen LogP contribution in [0, 0.1) is 23.3 Å². The molecule has 2 N–H and O–H groups in total. The zero-order chi connectivity index (χ0) is 26.4. The van der Waals surface area contributed by atoms with Crippen LogP contribution in [0.1, 0.15) is 30.1 Å². The number of carbonyl (C=O) groups excluding carboxylic acids is 2. The molecule has 37 heavy (non-hydrogen) atoms. The Morgan fingerprint density at radius 1 is 0.865 bits per heavy atom. The molecule has 0 bridgehead atoms. The summed E-state index contributed by atoms with van der Waals surface area (Å²) in [6.45, 7) is 0.511. The Morgan fingerprint density at radius 3 is 2.00 bits per heavy atom. The van der Waals surface area contributed by atoms with Crippen molar-refractivity contribution in [3.05, 3.63) is 113 Å². The van der Waals surface area contributed by atoms with Gasteiger partial charge in [-0.2, -0.15) is 0 Å². The molecule has 1 aliphatic heterocycles. The molecule has 2 amide bonds. The number of rotatable bonds is 8. The van der Waals surface area contributed by atoms with Crippen LogP contribution in [0.4, 0.5) is 23.2 Å². The molecule has 0 fully saturated rings. The van der Waals surface area contributed by atoms with Crippen molar-refractivity contribution in [3.63, 3.8) is 0 Å². The van der Waals surface area contributed by atoms with Gasteiger partial charge in [0.2, 0.25) is 11.8 Å². The van der Waals surface area contributed by atoms with E-state index < -0.39 is 47.6 Å². The molecule has 0 spiro atoms. The molecule has 0 saturated carbocycles. The molecule has 192 valence electrons. The van der Waals surface area contributed by atoms with Crippen molar-refractivity contribution in [2.45, 2.75) is 18.9 Å². The fourth-order valence-corrected chi connectivity index (χ4v) is 3.76. The minimum atomic E-state index is -0.933. The molecule has 10 heteroatoms. The van der Waals surface area contributed by atoms with Crippen molar-refractivity contribution in [3.8, 4) is 0 Å². The summed E-state index contributed by atoms with van der Waals surface area (Å²) in [5, 5.41) is 2.26.